The van der Waals surface area contributed by atoms with Gasteiger partial charge in [0.15, 0.2) is 11.4 Å². The summed E-state index contributed by atoms with van der Waals surface area (Å²) in [4.78, 5) is 40.6. The monoisotopic (exact) mass is 507 g/mol. The standard InChI is InChI=1S/C24H24F3N3O6/c1-11-2-3-24(6-13(31)10-36-24)18-9-29(11)23(35)19-21(33)20(32)15(8-30(18)19)22(34)28-7-14-16(26)4-12(25)5-17(14)27/h4-5,8,11,13,18,31,33H,2-3,6-7,9-10H2,1H3,(H,28,34)/t11-,13?,18+,24+/m0/s1. The first-order chi connectivity index (χ1) is 17.0. The Bertz CT molecular complexity index is 1310. The molecule has 1 aromatic carbocycles. The van der Waals surface area contributed by atoms with E-state index in [0.717, 1.165) is 6.20 Å². The smallest absolute Gasteiger partial charge is 0.274 e. The number of ether oxygens (including phenoxy) is 1. The Morgan fingerprint density at radius 2 is 1.94 bits per heavy atom. The van der Waals surface area contributed by atoms with Gasteiger partial charge in [-0.2, -0.15) is 0 Å². The molecule has 3 N–H and O–H groups in total. The molecule has 2 fully saturated rings. The maximum atomic E-state index is 14.0. The summed E-state index contributed by atoms with van der Waals surface area (Å²) >= 11 is 0. The van der Waals surface area contributed by atoms with E-state index in [1.54, 1.807) is 4.90 Å². The van der Waals surface area contributed by atoms with Crippen molar-refractivity contribution in [3.63, 3.8) is 0 Å². The molecular formula is C24H24F3N3O6. The number of hydrogen-bond donors (Lipinski definition) is 3. The van der Waals surface area contributed by atoms with E-state index in [-0.39, 0.29) is 31.3 Å². The molecule has 2 saturated heterocycles. The summed E-state index contributed by atoms with van der Waals surface area (Å²) in [6.45, 7) is 1.42. The lowest BCUT2D eigenvalue weighted by atomic mass is 9.85. The average molecular weight is 507 g/mol. The number of hydrogen-bond acceptors (Lipinski definition) is 6. The number of aliphatic hydroxyl groups is 1. The van der Waals surface area contributed by atoms with Gasteiger partial charge in [-0.15, -0.1) is 0 Å². The van der Waals surface area contributed by atoms with Crippen molar-refractivity contribution >= 4 is 11.8 Å². The summed E-state index contributed by atoms with van der Waals surface area (Å²) in [6.07, 6.45) is 1.73. The maximum Gasteiger partial charge on any atom is 0.274 e. The van der Waals surface area contributed by atoms with E-state index in [4.69, 9.17) is 4.74 Å². The predicted octanol–water partition coefficient (Wildman–Crippen LogP) is 1.60. The van der Waals surface area contributed by atoms with Gasteiger partial charge in [-0.05, 0) is 19.8 Å². The molecule has 2 bridgehead atoms. The fraction of sp³-hybridized carbons (Fsp3) is 0.458. The van der Waals surface area contributed by atoms with Gasteiger partial charge in [0.2, 0.25) is 5.43 Å². The van der Waals surface area contributed by atoms with Crippen molar-refractivity contribution in [2.24, 2.45) is 0 Å². The molecule has 3 aliphatic heterocycles. The van der Waals surface area contributed by atoms with Gasteiger partial charge in [-0.1, -0.05) is 0 Å². The van der Waals surface area contributed by atoms with Gasteiger partial charge in [-0.3, -0.25) is 14.4 Å². The molecule has 0 radical (unpaired) electrons. The van der Waals surface area contributed by atoms with Gasteiger partial charge < -0.3 is 29.7 Å². The summed E-state index contributed by atoms with van der Waals surface area (Å²) in [7, 11) is 0. The molecule has 0 saturated carbocycles. The van der Waals surface area contributed by atoms with Gasteiger partial charge in [-0.25, -0.2) is 13.2 Å². The third-order valence-electron chi connectivity index (χ3n) is 7.42. The number of nitrogens with zero attached hydrogens (tertiary/aromatic N) is 2. The summed E-state index contributed by atoms with van der Waals surface area (Å²) in [5.41, 5.74) is -3.47. The first-order valence-corrected chi connectivity index (χ1v) is 11.5. The minimum Gasteiger partial charge on any atom is -0.503 e. The second kappa shape index (κ2) is 8.63. The number of pyridine rings is 1. The number of rotatable bonds is 3. The predicted molar refractivity (Wildman–Crippen MR) is 118 cm³/mol. The zero-order chi connectivity index (χ0) is 25.9. The molecule has 1 unspecified atom stereocenters. The highest BCUT2D eigenvalue weighted by atomic mass is 19.1. The lowest BCUT2D eigenvalue weighted by Gasteiger charge is -2.42. The van der Waals surface area contributed by atoms with Crippen LogP contribution < -0.4 is 10.7 Å². The Labute approximate surface area is 203 Å². The summed E-state index contributed by atoms with van der Waals surface area (Å²) in [5, 5.41) is 23.2. The number of carbonyl (C=O) groups is 2. The lowest BCUT2D eigenvalue weighted by molar-refractivity contribution is -0.0478. The number of nitrogens with one attached hydrogen (secondary N) is 1. The van der Waals surface area contributed by atoms with Crippen LogP contribution in [0.25, 0.3) is 0 Å². The molecule has 192 valence electrons. The number of amides is 2. The second-order valence-corrected chi connectivity index (χ2v) is 9.60. The molecule has 5 rings (SSSR count). The molecule has 9 nitrogen and oxygen atoms in total. The number of aliphatic hydroxyl groups excluding tert-OH is 1. The fourth-order valence-electron chi connectivity index (χ4n) is 5.50. The highest BCUT2D eigenvalue weighted by Gasteiger charge is 2.53. The van der Waals surface area contributed by atoms with E-state index in [0.29, 0.717) is 25.0 Å². The van der Waals surface area contributed by atoms with E-state index >= 15 is 0 Å². The Morgan fingerprint density at radius 1 is 1.25 bits per heavy atom. The number of halogens is 3. The van der Waals surface area contributed by atoms with Crippen LogP contribution in [0.5, 0.6) is 5.75 Å². The van der Waals surface area contributed by atoms with Crippen LogP contribution in [-0.2, 0) is 11.3 Å². The molecule has 12 heteroatoms. The minimum absolute atomic E-state index is 0.0858. The Hall–Kier alpha value is -3.38. The van der Waals surface area contributed by atoms with Crippen molar-refractivity contribution in [1.82, 2.24) is 14.8 Å². The third-order valence-corrected chi connectivity index (χ3v) is 7.42. The molecule has 2 amide bonds. The van der Waals surface area contributed by atoms with E-state index in [1.165, 1.54) is 4.57 Å². The highest BCUT2D eigenvalue weighted by Crippen LogP contribution is 2.46. The second-order valence-electron chi connectivity index (χ2n) is 9.60. The van der Waals surface area contributed by atoms with Crippen LogP contribution in [0.3, 0.4) is 0 Å². The first kappa shape index (κ1) is 24.3. The molecule has 1 spiro atoms. The lowest BCUT2D eigenvalue weighted by Crippen LogP contribution is -2.52. The van der Waals surface area contributed by atoms with Crippen LogP contribution in [0.15, 0.2) is 23.1 Å². The third kappa shape index (κ3) is 3.75. The Kier molecular flexibility index (Phi) is 5.83. The molecule has 2 aromatic rings. The molecule has 3 aliphatic rings. The van der Waals surface area contributed by atoms with Crippen LogP contribution in [0, 0.1) is 17.5 Å². The maximum absolute atomic E-state index is 14.0. The summed E-state index contributed by atoms with van der Waals surface area (Å²) in [5.74, 6) is -6.10. The van der Waals surface area contributed by atoms with Crippen molar-refractivity contribution < 1.29 is 37.7 Å². The van der Waals surface area contributed by atoms with E-state index < -0.39 is 75.9 Å². The van der Waals surface area contributed by atoms with Crippen molar-refractivity contribution in [2.75, 3.05) is 13.2 Å². The van der Waals surface area contributed by atoms with Crippen LogP contribution >= 0.6 is 0 Å². The average Bonchev–Trinajstić information content (AvgIpc) is 3.14. The van der Waals surface area contributed by atoms with Crippen molar-refractivity contribution in [2.45, 2.75) is 56.5 Å². The molecule has 4 heterocycles. The van der Waals surface area contributed by atoms with Crippen LogP contribution in [-0.4, -0.2) is 62.4 Å². The zero-order valence-electron chi connectivity index (χ0n) is 19.3. The minimum atomic E-state index is -1.21. The summed E-state index contributed by atoms with van der Waals surface area (Å²) < 4.78 is 48.5. The van der Waals surface area contributed by atoms with Gasteiger partial charge in [0.05, 0.1) is 24.4 Å². The van der Waals surface area contributed by atoms with E-state index in [2.05, 4.69) is 5.32 Å². The number of aromatic hydroxyl groups is 1. The topological polar surface area (TPSA) is 121 Å². The normalized spacial score (nSPS) is 27.2. The van der Waals surface area contributed by atoms with Crippen LogP contribution in [0.1, 0.15) is 58.6 Å². The molecule has 36 heavy (non-hydrogen) atoms. The van der Waals surface area contributed by atoms with E-state index in [1.807, 2.05) is 6.92 Å². The van der Waals surface area contributed by atoms with Crippen molar-refractivity contribution in [3.8, 4) is 5.75 Å². The highest BCUT2D eigenvalue weighted by molar-refractivity contribution is 5.99. The van der Waals surface area contributed by atoms with Gasteiger partial charge in [0.25, 0.3) is 11.8 Å². The van der Waals surface area contributed by atoms with Gasteiger partial charge in [0.1, 0.15) is 23.0 Å². The van der Waals surface area contributed by atoms with Crippen molar-refractivity contribution in [3.05, 3.63) is 62.8 Å². The molecule has 0 aliphatic carbocycles. The number of fused-ring (bicyclic) bond motifs is 5. The first-order valence-electron chi connectivity index (χ1n) is 11.5. The zero-order valence-corrected chi connectivity index (χ0v) is 19.3. The Balaban J connectivity index is 1.55. The largest absolute Gasteiger partial charge is 0.503 e. The SMILES string of the molecule is C[C@H]1CC[C@@]2(CC(O)CO2)[C@H]2CN1C(=O)c1c(O)c(=O)c(C(=O)NCc3c(F)cc(F)cc3F)cn12. The number of aromatic nitrogens is 1. The van der Waals surface area contributed by atoms with Crippen molar-refractivity contribution in [1.29, 1.82) is 0 Å². The molecular weight excluding hydrogens is 483 g/mol. The Morgan fingerprint density at radius 3 is 2.58 bits per heavy atom. The molecule has 4 atom stereocenters. The number of carbonyl (C=O) groups excluding carboxylic acids is 2. The van der Waals surface area contributed by atoms with Gasteiger partial charge >= 0.3 is 0 Å². The van der Waals surface area contributed by atoms with Crippen LogP contribution in [0.2, 0.25) is 0 Å². The van der Waals surface area contributed by atoms with Crippen LogP contribution in [0.4, 0.5) is 13.2 Å². The van der Waals surface area contributed by atoms with E-state index in [9.17, 15) is 37.8 Å². The van der Waals surface area contributed by atoms with Gasteiger partial charge in [0, 0.05) is 49.4 Å². The summed E-state index contributed by atoms with van der Waals surface area (Å²) in [6, 6.07) is 0.0958. The quantitative estimate of drug-likeness (QED) is 0.581. The number of benzene rings is 1. The fourth-order valence-corrected chi connectivity index (χ4v) is 5.50. The molecule has 1 aromatic heterocycles.